The second-order valence-corrected chi connectivity index (χ2v) is 6.27. The molecule has 3 aromatic rings. The molecular weight excluding hydrogens is 343 g/mol. The number of aromatic nitrogens is 2. The van der Waals surface area contributed by atoms with Crippen LogP contribution in [-0.4, -0.2) is 32.4 Å². The molecule has 2 heterocycles. The monoisotopic (exact) mass is 356 g/mol. The Balaban J connectivity index is 1.65. The summed E-state index contributed by atoms with van der Waals surface area (Å²) in [7, 11) is 0. The van der Waals surface area contributed by atoms with Crippen LogP contribution in [0.3, 0.4) is 0 Å². The first-order valence-corrected chi connectivity index (χ1v) is 8.06. The fourth-order valence-electron chi connectivity index (χ4n) is 2.95. The van der Waals surface area contributed by atoms with Crippen LogP contribution < -0.4 is 0 Å². The Hall–Kier alpha value is -2.86. The van der Waals surface area contributed by atoms with E-state index >= 15 is 0 Å². The molecule has 0 saturated carbocycles. The Morgan fingerprint density at radius 1 is 1.28 bits per heavy atom. The van der Waals surface area contributed by atoms with Gasteiger partial charge in [-0.1, -0.05) is 29.8 Å². The molecule has 1 aromatic heterocycles. The maximum absolute atomic E-state index is 13.3. The summed E-state index contributed by atoms with van der Waals surface area (Å²) < 4.78 is 13.3. The Morgan fingerprint density at radius 2 is 2.08 bits per heavy atom. The summed E-state index contributed by atoms with van der Waals surface area (Å²) in [6.07, 6.45) is 0. The summed E-state index contributed by atoms with van der Waals surface area (Å²) >= 11 is 6.18. The van der Waals surface area contributed by atoms with E-state index in [4.69, 9.17) is 17.0 Å². The van der Waals surface area contributed by atoms with E-state index in [1.807, 2.05) is 18.2 Å². The van der Waals surface area contributed by atoms with Crippen molar-refractivity contribution in [3.63, 3.8) is 0 Å². The van der Waals surface area contributed by atoms with Gasteiger partial charge in [0.05, 0.1) is 23.2 Å². The molecule has 0 amide bonds. The SMILES string of the molecule is N=C1C(c2nc3ccc(F)cc3[nH]2)=C(O)CN1Cc1ccccc1Cl. The molecule has 4 rings (SSSR count). The minimum atomic E-state index is -0.372. The van der Waals surface area contributed by atoms with Crippen molar-refractivity contribution in [3.8, 4) is 0 Å². The summed E-state index contributed by atoms with van der Waals surface area (Å²) in [4.78, 5) is 9.04. The quantitative estimate of drug-likeness (QED) is 0.660. The number of imidazole rings is 1. The number of nitrogens with zero attached hydrogens (tertiary/aromatic N) is 2. The minimum absolute atomic E-state index is 0.0524. The number of fused-ring (bicyclic) bond motifs is 1. The summed E-state index contributed by atoms with van der Waals surface area (Å²) in [6.45, 7) is 0.603. The van der Waals surface area contributed by atoms with Crippen molar-refractivity contribution in [2.75, 3.05) is 6.54 Å². The number of nitrogens with one attached hydrogen (secondary N) is 2. The lowest BCUT2D eigenvalue weighted by Crippen LogP contribution is -2.26. The molecule has 1 aliphatic rings. The smallest absolute Gasteiger partial charge is 0.145 e. The largest absolute Gasteiger partial charge is 0.510 e. The van der Waals surface area contributed by atoms with Gasteiger partial charge in [0.25, 0.3) is 0 Å². The number of benzene rings is 2. The zero-order valence-electron chi connectivity index (χ0n) is 13.1. The Bertz CT molecular complexity index is 1030. The van der Waals surface area contributed by atoms with Gasteiger partial charge in [0.15, 0.2) is 0 Å². The summed E-state index contributed by atoms with van der Waals surface area (Å²) in [5.74, 6) is 0.182. The van der Waals surface area contributed by atoms with Gasteiger partial charge in [-0.2, -0.15) is 0 Å². The van der Waals surface area contributed by atoms with Crippen molar-refractivity contribution >= 4 is 34.0 Å². The van der Waals surface area contributed by atoms with Gasteiger partial charge in [-0.3, -0.25) is 5.41 Å². The molecule has 0 fully saturated rings. The number of rotatable bonds is 3. The van der Waals surface area contributed by atoms with Crippen molar-refractivity contribution in [1.82, 2.24) is 14.9 Å². The van der Waals surface area contributed by atoms with E-state index in [1.54, 1.807) is 17.0 Å². The van der Waals surface area contributed by atoms with Crippen LogP contribution in [-0.2, 0) is 6.54 Å². The van der Waals surface area contributed by atoms with Crippen molar-refractivity contribution in [2.45, 2.75) is 6.54 Å². The van der Waals surface area contributed by atoms with Crippen LogP contribution in [0.1, 0.15) is 11.4 Å². The summed E-state index contributed by atoms with van der Waals surface area (Å²) in [5, 5.41) is 19.4. The van der Waals surface area contributed by atoms with Gasteiger partial charge >= 0.3 is 0 Å². The molecule has 0 atom stereocenters. The highest BCUT2D eigenvalue weighted by atomic mass is 35.5. The number of aliphatic hydroxyl groups is 1. The van der Waals surface area contributed by atoms with Crippen molar-refractivity contribution < 1.29 is 9.50 Å². The molecule has 3 N–H and O–H groups in total. The van der Waals surface area contributed by atoms with Gasteiger partial charge in [0, 0.05) is 11.6 Å². The molecule has 0 bridgehead atoms. The second-order valence-electron chi connectivity index (χ2n) is 5.86. The van der Waals surface area contributed by atoms with E-state index in [0.29, 0.717) is 34.0 Å². The molecule has 126 valence electrons. The number of amidine groups is 1. The van der Waals surface area contributed by atoms with E-state index in [2.05, 4.69) is 9.97 Å². The molecule has 0 radical (unpaired) electrons. The van der Waals surface area contributed by atoms with Crippen LogP contribution in [0.5, 0.6) is 0 Å². The highest BCUT2D eigenvalue weighted by Gasteiger charge is 2.30. The maximum atomic E-state index is 13.3. The Kier molecular flexibility index (Phi) is 3.69. The molecule has 1 aliphatic heterocycles. The first kappa shape index (κ1) is 15.7. The molecule has 0 saturated heterocycles. The third kappa shape index (κ3) is 2.74. The lowest BCUT2D eigenvalue weighted by atomic mass is 10.2. The fraction of sp³-hybridized carbons (Fsp3) is 0.111. The fourth-order valence-corrected chi connectivity index (χ4v) is 3.15. The van der Waals surface area contributed by atoms with Crippen LogP contribution in [0.4, 0.5) is 4.39 Å². The molecular formula is C18H14ClFN4O. The lowest BCUT2D eigenvalue weighted by molar-refractivity contribution is 0.347. The predicted molar refractivity (Wildman–Crippen MR) is 95.2 cm³/mol. The number of aliphatic hydroxyl groups excluding tert-OH is 1. The van der Waals surface area contributed by atoms with Crippen LogP contribution in [0, 0.1) is 11.2 Å². The predicted octanol–water partition coefficient (Wildman–Crippen LogP) is 4.12. The zero-order valence-corrected chi connectivity index (χ0v) is 13.8. The van der Waals surface area contributed by atoms with Crippen molar-refractivity contribution in [2.24, 2.45) is 0 Å². The third-order valence-electron chi connectivity index (χ3n) is 4.18. The van der Waals surface area contributed by atoms with E-state index in [0.717, 1.165) is 5.56 Å². The van der Waals surface area contributed by atoms with Crippen molar-refractivity contribution in [3.05, 3.63) is 70.5 Å². The van der Waals surface area contributed by atoms with Crippen LogP contribution in [0.15, 0.2) is 48.2 Å². The molecule has 0 unspecified atom stereocenters. The van der Waals surface area contributed by atoms with E-state index < -0.39 is 0 Å². The van der Waals surface area contributed by atoms with Crippen LogP contribution in [0.25, 0.3) is 16.6 Å². The number of aromatic amines is 1. The molecule has 0 spiro atoms. The summed E-state index contributed by atoms with van der Waals surface area (Å²) in [6, 6.07) is 11.6. The van der Waals surface area contributed by atoms with E-state index in [-0.39, 0.29) is 24.0 Å². The molecule has 2 aromatic carbocycles. The van der Waals surface area contributed by atoms with Crippen LogP contribution in [0.2, 0.25) is 5.02 Å². The van der Waals surface area contributed by atoms with Gasteiger partial charge in [-0.15, -0.1) is 0 Å². The third-order valence-corrected chi connectivity index (χ3v) is 4.55. The molecule has 5 nitrogen and oxygen atoms in total. The average molecular weight is 357 g/mol. The van der Waals surface area contributed by atoms with Gasteiger partial charge in [-0.05, 0) is 29.8 Å². The van der Waals surface area contributed by atoms with Crippen LogP contribution >= 0.6 is 11.6 Å². The second kappa shape index (κ2) is 5.89. The van der Waals surface area contributed by atoms with Gasteiger partial charge in [0.2, 0.25) is 0 Å². The highest BCUT2D eigenvalue weighted by molar-refractivity contribution is 6.31. The number of halogens is 2. The highest BCUT2D eigenvalue weighted by Crippen LogP contribution is 2.29. The maximum Gasteiger partial charge on any atom is 0.145 e. The number of hydrogen-bond donors (Lipinski definition) is 3. The van der Waals surface area contributed by atoms with Gasteiger partial charge < -0.3 is 15.0 Å². The van der Waals surface area contributed by atoms with E-state index in [9.17, 15) is 9.50 Å². The number of H-pyrrole nitrogens is 1. The standard InChI is InChI=1S/C18H14ClFN4O/c19-12-4-2-1-3-10(12)8-24-9-15(25)16(17(24)21)18-22-13-6-5-11(20)7-14(13)23-18/h1-7,21,25H,8-9H2,(H,22,23). The lowest BCUT2D eigenvalue weighted by Gasteiger charge is -2.19. The van der Waals surface area contributed by atoms with Gasteiger partial charge in [0.1, 0.15) is 23.2 Å². The average Bonchev–Trinajstić information content (AvgIpc) is 3.10. The Labute approximate surface area is 147 Å². The first-order chi connectivity index (χ1) is 12.0. The molecule has 25 heavy (non-hydrogen) atoms. The Morgan fingerprint density at radius 3 is 2.88 bits per heavy atom. The zero-order chi connectivity index (χ0) is 17.6. The molecule has 7 heteroatoms. The summed E-state index contributed by atoms with van der Waals surface area (Å²) in [5.41, 5.74) is 2.29. The first-order valence-electron chi connectivity index (χ1n) is 7.68. The van der Waals surface area contributed by atoms with E-state index in [1.165, 1.54) is 12.1 Å². The van der Waals surface area contributed by atoms with Crippen molar-refractivity contribution in [1.29, 1.82) is 5.41 Å². The molecule has 0 aliphatic carbocycles. The topological polar surface area (TPSA) is 76.0 Å². The number of hydrogen-bond acceptors (Lipinski definition) is 3. The normalized spacial score (nSPS) is 14.8. The van der Waals surface area contributed by atoms with Gasteiger partial charge in [-0.25, -0.2) is 9.37 Å². The minimum Gasteiger partial charge on any atom is -0.510 e.